The summed E-state index contributed by atoms with van der Waals surface area (Å²) in [6, 6.07) is 0.557. The zero-order chi connectivity index (χ0) is 8.10. The maximum absolute atomic E-state index is 4.42. The van der Waals surface area contributed by atoms with Gasteiger partial charge in [-0.1, -0.05) is 6.92 Å². The van der Waals surface area contributed by atoms with Crippen molar-refractivity contribution < 1.29 is 32.7 Å². The molecule has 0 spiro atoms. The van der Waals surface area contributed by atoms with E-state index < -0.39 is 0 Å². The molecule has 0 aromatic carbocycles. The largest absolute Gasteiger partial charge is 0.660 e. The number of nitrogens with one attached hydrogen (secondary N) is 1. The second-order valence-electron chi connectivity index (χ2n) is 3.29. The van der Waals surface area contributed by atoms with Crippen molar-refractivity contribution in [1.82, 2.24) is 10.2 Å². The number of likely N-dealkylation sites (N-methyl/N-ethyl adjacent to an activating group) is 1. The van der Waals surface area contributed by atoms with E-state index in [0.29, 0.717) is 6.04 Å². The van der Waals surface area contributed by atoms with Gasteiger partial charge in [-0.3, -0.25) is 0 Å². The van der Waals surface area contributed by atoms with E-state index in [9.17, 15) is 0 Å². The third-order valence-electron chi connectivity index (χ3n) is 2.03. The summed E-state index contributed by atoms with van der Waals surface area (Å²) >= 11 is 0. The molecule has 0 saturated carbocycles. The number of hydrogen-bond acceptors (Lipinski definition) is 2. The van der Waals surface area contributed by atoms with Crippen LogP contribution in [-0.2, 0) is 32.7 Å². The summed E-state index contributed by atoms with van der Waals surface area (Å²) < 4.78 is 0. The van der Waals surface area contributed by atoms with Crippen LogP contribution in [0.3, 0.4) is 0 Å². The van der Waals surface area contributed by atoms with Crippen LogP contribution in [0.4, 0.5) is 0 Å². The van der Waals surface area contributed by atoms with Crippen LogP contribution in [-0.4, -0.2) is 50.7 Å². The zero-order valence-electron chi connectivity index (χ0n) is 8.08. The Morgan fingerprint density at radius 3 is 2.92 bits per heavy atom. The van der Waals surface area contributed by atoms with E-state index in [0.717, 1.165) is 32.7 Å². The second kappa shape index (κ2) is 7.39. The molecule has 0 bridgehead atoms. The predicted molar refractivity (Wildman–Crippen MR) is 48.1 cm³/mol. The third-order valence-corrected chi connectivity index (χ3v) is 2.03. The predicted octanol–water partition coefficient (Wildman–Crippen LogP) is 0.281. The van der Waals surface area contributed by atoms with E-state index in [-0.39, 0.29) is 32.7 Å². The first-order chi connectivity index (χ1) is 5.29. The van der Waals surface area contributed by atoms with E-state index in [2.05, 4.69) is 29.5 Å². The molecule has 0 aromatic rings. The average Bonchev–Trinajstić information content (AvgIpc) is 2.04. The smallest absolute Gasteiger partial charge is 0.0103 e. The Labute approximate surface area is 101 Å². The van der Waals surface area contributed by atoms with E-state index in [1.807, 2.05) is 0 Å². The first-order valence-corrected chi connectivity index (χ1v) is 4.34. The van der Waals surface area contributed by atoms with Crippen LogP contribution < -0.4 is 5.32 Å². The number of nitrogens with zero attached hydrogens (tertiary/aromatic N) is 2. The molecule has 1 atom stereocenters. The molecule has 4 heteroatoms. The monoisotopic (exact) mass is 245 g/mol. The van der Waals surface area contributed by atoms with Gasteiger partial charge in [-0.25, -0.2) is 0 Å². The molecule has 1 saturated heterocycles. The Kier molecular flexibility index (Phi) is 8.00. The molecule has 69 valence electrons. The fraction of sp³-hybridized carbons (Fsp3) is 1.00. The second-order valence-corrected chi connectivity index (χ2v) is 3.29. The van der Waals surface area contributed by atoms with Crippen LogP contribution in [0.15, 0.2) is 0 Å². The minimum atomic E-state index is 0. The molecule has 1 rings (SSSR count). The topological polar surface area (TPSA) is 29.4 Å². The fourth-order valence-electron chi connectivity index (χ4n) is 1.20. The van der Waals surface area contributed by atoms with Gasteiger partial charge in [-0.2, -0.15) is 0 Å². The van der Waals surface area contributed by atoms with Crippen LogP contribution in [0.25, 0.3) is 5.32 Å². The summed E-state index contributed by atoms with van der Waals surface area (Å²) in [6.45, 7) is 7.48. The Bertz CT molecular complexity index is 98.5. The van der Waals surface area contributed by atoms with Gasteiger partial charge in [-0.15, -0.1) is 13.1 Å². The standard InChI is InChI=1S/C8H18N3.Y/c1-8-7-9-3-5-11(2)6-4-10-8;/h8,10H,3-7H2,1-2H3;/q-1;. The summed E-state index contributed by atoms with van der Waals surface area (Å²) in [4.78, 5) is 2.31. The molecular weight excluding hydrogens is 227 g/mol. The zero-order valence-corrected chi connectivity index (χ0v) is 10.9. The van der Waals surface area contributed by atoms with Gasteiger partial charge in [0.05, 0.1) is 0 Å². The Hall–Kier alpha value is 0.984. The first-order valence-electron chi connectivity index (χ1n) is 4.34. The van der Waals surface area contributed by atoms with Gasteiger partial charge in [0, 0.05) is 45.8 Å². The maximum atomic E-state index is 4.42. The van der Waals surface area contributed by atoms with Gasteiger partial charge >= 0.3 is 0 Å². The minimum absolute atomic E-state index is 0. The molecule has 1 aliphatic rings. The van der Waals surface area contributed by atoms with Crippen molar-refractivity contribution in [1.29, 1.82) is 0 Å². The molecule has 3 nitrogen and oxygen atoms in total. The molecule has 12 heavy (non-hydrogen) atoms. The van der Waals surface area contributed by atoms with Crippen molar-refractivity contribution in [3.05, 3.63) is 5.32 Å². The molecule has 1 heterocycles. The molecular formula is C8H18N3Y-. The molecule has 1 unspecified atom stereocenters. The van der Waals surface area contributed by atoms with Gasteiger partial charge in [-0.05, 0) is 19.6 Å². The van der Waals surface area contributed by atoms with Crippen molar-refractivity contribution in [2.45, 2.75) is 13.0 Å². The Morgan fingerprint density at radius 1 is 1.42 bits per heavy atom. The van der Waals surface area contributed by atoms with E-state index >= 15 is 0 Å². The minimum Gasteiger partial charge on any atom is -0.660 e. The van der Waals surface area contributed by atoms with Crippen LogP contribution >= 0.6 is 0 Å². The Morgan fingerprint density at radius 2 is 2.17 bits per heavy atom. The van der Waals surface area contributed by atoms with Gasteiger partial charge in [0.1, 0.15) is 0 Å². The van der Waals surface area contributed by atoms with E-state index in [1.165, 1.54) is 0 Å². The molecule has 0 aromatic heterocycles. The van der Waals surface area contributed by atoms with Crippen molar-refractivity contribution in [3.8, 4) is 0 Å². The van der Waals surface area contributed by atoms with Gasteiger partial charge in [0.15, 0.2) is 0 Å². The normalized spacial score (nSPS) is 28.0. The fourth-order valence-corrected chi connectivity index (χ4v) is 1.20. The maximum Gasteiger partial charge on any atom is 0.0103 e. The molecule has 1 fully saturated rings. The van der Waals surface area contributed by atoms with E-state index in [1.54, 1.807) is 0 Å². The van der Waals surface area contributed by atoms with Crippen molar-refractivity contribution in [2.75, 3.05) is 39.8 Å². The van der Waals surface area contributed by atoms with Gasteiger partial charge in [0.2, 0.25) is 0 Å². The summed E-state index contributed by atoms with van der Waals surface area (Å²) in [6.07, 6.45) is 0. The van der Waals surface area contributed by atoms with Crippen molar-refractivity contribution in [2.24, 2.45) is 0 Å². The molecule has 1 N–H and O–H groups in total. The summed E-state index contributed by atoms with van der Waals surface area (Å²) in [7, 11) is 2.15. The molecule has 0 amide bonds. The SMILES string of the molecule is CC1C[N-]CCN(C)CCN1.[Y]. The van der Waals surface area contributed by atoms with Crippen LogP contribution in [0, 0.1) is 0 Å². The van der Waals surface area contributed by atoms with E-state index in [4.69, 9.17) is 0 Å². The van der Waals surface area contributed by atoms with Crippen molar-refractivity contribution >= 4 is 0 Å². The summed E-state index contributed by atoms with van der Waals surface area (Å²) in [5.41, 5.74) is 0. The number of hydrogen-bond donors (Lipinski definition) is 1. The molecule has 1 aliphatic heterocycles. The summed E-state index contributed by atoms with van der Waals surface area (Å²) in [5.74, 6) is 0. The molecule has 1 radical (unpaired) electrons. The summed E-state index contributed by atoms with van der Waals surface area (Å²) in [5, 5.41) is 7.84. The Balaban J connectivity index is 0.00000121. The van der Waals surface area contributed by atoms with Crippen LogP contribution in [0.2, 0.25) is 0 Å². The number of rotatable bonds is 0. The van der Waals surface area contributed by atoms with Gasteiger partial charge in [0.25, 0.3) is 0 Å². The first kappa shape index (κ1) is 13.0. The third kappa shape index (κ3) is 5.60. The quantitative estimate of drug-likeness (QED) is 0.664. The van der Waals surface area contributed by atoms with Crippen molar-refractivity contribution in [3.63, 3.8) is 0 Å². The molecule has 0 aliphatic carbocycles. The van der Waals surface area contributed by atoms with Crippen LogP contribution in [0.1, 0.15) is 6.92 Å². The van der Waals surface area contributed by atoms with Gasteiger partial charge < -0.3 is 15.5 Å². The van der Waals surface area contributed by atoms with Crippen LogP contribution in [0.5, 0.6) is 0 Å². The average molecular weight is 245 g/mol.